The molecule has 11 nitrogen and oxygen atoms in total. The van der Waals surface area contributed by atoms with Crippen LogP contribution < -0.4 is 15.0 Å². The van der Waals surface area contributed by atoms with Crippen LogP contribution in [-0.4, -0.2) is 61.8 Å². The molecule has 0 bridgehead atoms. The number of carbonyl (C=O) groups excluding carboxylic acids is 1. The van der Waals surface area contributed by atoms with Gasteiger partial charge in [0, 0.05) is 36.6 Å². The lowest BCUT2D eigenvalue weighted by atomic mass is 9.92. The minimum absolute atomic E-state index is 0.0604. The SMILES string of the molecule is N#CC1(COc2nc(C(=O)NC3CCC3)nc(N3CCC(c4n[nH]c5ncccc45)CC3)n2)CC1. The quantitative estimate of drug-likeness (QED) is 0.528. The van der Waals surface area contributed by atoms with E-state index in [1.54, 1.807) is 6.20 Å². The van der Waals surface area contributed by atoms with E-state index in [1.165, 1.54) is 0 Å². The number of aromatic nitrogens is 6. The number of ether oxygens (including phenoxy) is 1. The van der Waals surface area contributed by atoms with Crippen LogP contribution in [0, 0.1) is 16.7 Å². The van der Waals surface area contributed by atoms with E-state index in [0.717, 1.165) is 61.7 Å². The number of carbonyl (C=O) groups is 1. The molecule has 0 spiro atoms. The molecular formula is C24H27N9O2. The first-order valence-electron chi connectivity index (χ1n) is 12.3. The fourth-order valence-electron chi connectivity index (χ4n) is 4.64. The lowest BCUT2D eigenvalue weighted by Gasteiger charge is -2.31. The van der Waals surface area contributed by atoms with Crippen LogP contribution in [0.15, 0.2) is 18.3 Å². The molecule has 0 aromatic carbocycles. The van der Waals surface area contributed by atoms with Crippen LogP contribution in [0.25, 0.3) is 11.0 Å². The van der Waals surface area contributed by atoms with Gasteiger partial charge in [0.15, 0.2) is 5.65 Å². The van der Waals surface area contributed by atoms with Gasteiger partial charge in [-0.05, 0) is 57.1 Å². The van der Waals surface area contributed by atoms with Gasteiger partial charge in [-0.2, -0.15) is 25.3 Å². The number of anilines is 1. The number of aromatic amines is 1. The van der Waals surface area contributed by atoms with Crippen molar-refractivity contribution in [3.05, 3.63) is 29.8 Å². The molecule has 3 aromatic heterocycles. The highest BCUT2D eigenvalue weighted by Gasteiger charge is 2.44. The Hall–Kier alpha value is -3.81. The number of H-pyrrole nitrogens is 1. The largest absolute Gasteiger partial charge is 0.462 e. The maximum Gasteiger partial charge on any atom is 0.322 e. The number of hydrogen-bond acceptors (Lipinski definition) is 9. The van der Waals surface area contributed by atoms with Gasteiger partial charge in [-0.3, -0.25) is 9.89 Å². The molecule has 2 aliphatic carbocycles. The Kier molecular flexibility index (Phi) is 5.43. The summed E-state index contributed by atoms with van der Waals surface area (Å²) in [6.45, 7) is 1.65. The van der Waals surface area contributed by atoms with Crippen molar-refractivity contribution in [3.63, 3.8) is 0 Å². The molecule has 3 fully saturated rings. The number of nitriles is 1. The Morgan fingerprint density at radius 3 is 2.77 bits per heavy atom. The smallest absolute Gasteiger partial charge is 0.322 e. The molecule has 6 rings (SSSR count). The van der Waals surface area contributed by atoms with Gasteiger partial charge < -0.3 is 15.0 Å². The number of rotatable bonds is 7. The highest BCUT2D eigenvalue weighted by Crippen LogP contribution is 2.45. The van der Waals surface area contributed by atoms with Crippen molar-refractivity contribution >= 4 is 22.9 Å². The minimum atomic E-state index is -0.458. The second-order valence-electron chi connectivity index (χ2n) is 9.79. The normalized spacial score (nSPS) is 19.7. The molecule has 1 amide bonds. The van der Waals surface area contributed by atoms with E-state index in [2.05, 4.69) is 46.4 Å². The number of amides is 1. The molecule has 0 radical (unpaired) electrons. The molecule has 4 heterocycles. The van der Waals surface area contributed by atoms with E-state index in [4.69, 9.17) is 4.74 Å². The molecule has 2 N–H and O–H groups in total. The van der Waals surface area contributed by atoms with Gasteiger partial charge in [-0.15, -0.1) is 0 Å². The first-order chi connectivity index (χ1) is 17.1. The van der Waals surface area contributed by atoms with E-state index in [1.807, 2.05) is 12.1 Å². The van der Waals surface area contributed by atoms with Crippen LogP contribution in [-0.2, 0) is 0 Å². The number of hydrogen-bond donors (Lipinski definition) is 2. The van der Waals surface area contributed by atoms with E-state index < -0.39 is 5.41 Å². The third kappa shape index (κ3) is 4.36. The van der Waals surface area contributed by atoms with Crippen molar-refractivity contribution in [2.24, 2.45) is 5.41 Å². The van der Waals surface area contributed by atoms with Crippen molar-refractivity contribution in [3.8, 4) is 12.1 Å². The Morgan fingerprint density at radius 1 is 1.23 bits per heavy atom. The molecular weight excluding hydrogens is 446 g/mol. The van der Waals surface area contributed by atoms with Gasteiger partial charge in [0.25, 0.3) is 5.91 Å². The first-order valence-corrected chi connectivity index (χ1v) is 12.3. The van der Waals surface area contributed by atoms with Crippen molar-refractivity contribution < 1.29 is 9.53 Å². The molecule has 180 valence electrons. The maximum absolute atomic E-state index is 12.8. The molecule has 3 aromatic rings. The van der Waals surface area contributed by atoms with Gasteiger partial charge in [-0.25, -0.2) is 4.98 Å². The molecule has 2 saturated carbocycles. The number of pyridine rings is 1. The van der Waals surface area contributed by atoms with E-state index in [0.29, 0.717) is 25.0 Å². The summed E-state index contributed by atoms with van der Waals surface area (Å²) in [6.07, 6.45) is 8.19. The van der Waals surface area contributed by atoms with Crippen molar-refractivity contribution in [2.75, 3.05) is 24.6 Å². The second kappa shape index (κ2) is 8.76. The molecule has 11 heteroatoms. The van der Waals surface area contributed by atoms with Crippen LogP contribution in [0.5, 0.6) is 6.01 Å². The summed E-state index contributed by atoms with van der Waals surface area (Å²) in [5, 5.41) is 21.0. The predicted octanol–water partition coefficient (Wildman–Crippen LogP) is 2.49. The third-order valence-corrected chi connectivity index (χ3v) is 7.35. The summed E-state index contributed by atoms with van der Waals surface area (Å²) in [7, 11) is 0. The predicted molar refractivity (Wildman–Crippen MR) is 126 cm³/mol. The van der Waals surface area contributed by atoms with E-state index in [9.17, 15) is 10.1 Å². The molecule has 0 unspecified atom stereocenters. The molecule has 3 aliphatic rings. The summed E-state index contributed by atoms with van der Waals surface area (Å²) in [6, 6.07) is 6.56. The van der Waals surface area contributed by atoms with Gasteiger partial charge >= 0.3 is 6.01 Å². The average Bonchev–Trinajstić information content (AvgIpc) is 3.54. The Balaban J connectivity index is 1.20. The highest BCUT2D eigenvalue weighted by molar-refractivity contribution is 5.91. The van der Waals surface area contributed by atoms with Gasteiger partial charge in [0.2, 0.25) is 11.8 Å². The third-order valence-electron chi connectivity index (χ3n) is 7.35. The van der Waals surface area contributed by atoms with Gasteiger partial charge in [0.05, 0.1) is 17.2 Å². The molecule has 1 saturated heterocycles. The maximum atomic E-state index is 12.8. The van der Waals surface area contributed by atoms with Crippen molar-refractivity contribution in [1.29, 1.82) is 5.26 Å². The Morgan fingerprint density at radius 2 is 2.06 bits per heavy atom. The fourth-order valence-corrected chi connectivity index (χ4v) is 4.64. The van der Waals surface area contributed by atoms with Gasteiger partial charge in [0.1, 0.15) is 6.61 Å². The fraction of sp³-hybridized carbons (Fsp3) is 0.542. The van der Waals surface area contributed by atoms with Gasteiger partial charge in [-0.1, -0.05) is 0 Å². The zero-order valence-corrected chi connectivity index (χ0v) is 19.4. The summed E-state index contributed by atoms with van der Waals surface area (Å²) < 4.78 is 5.81. The zero-order chi connectivity index (χ0) is 23.8. The number of nitrogens with zero attached hydrogens (tertiary/aromatic N) is 7. The standard InChI is InChI=1S/C24H27N9O2/c25-13-24(8-9-24)14-35-23-29-20(21(34)27-16-3-1-4-16)28-22(30-23)33-11-6-15(7-12-33)18-17-5-2-10-26-19(17)32-31-18/h2,5,10,15-16H,1,3-4,6-9,11-12,14H2,(H,27,34)(H,26,31,32). The van der Waals surface area contributed by atoms with E-state index >= 15 is 0 Å². The highest BCUT2D eigenvalue weighted by atomic mass is 16.5. The van der Waals surface area contributed by atoms with Crippen LogP contribution in [0.2, 0.25) is 0 Å². The second-order valence-corrected chi connectivity index (χ2v) is 9.79. The average molecular weight is 474 g/mol. The van der Waals surface area contributed by atoms with Crippen LogP contribution in [0.4, 0.5) is 5.95 Å². The minimum Gasteiger partial charge on any atom is -0.462 e. The Labute approximate surface area is 202 Å². The van der Waals surface area contributed by atoms with Crippen LogP contribution >= 0.6 is 0 Å². The topological polar surface area (TPSA) is 146 Å². The zero-order valence-electron chi connectivity index (χ0n) is 19.4. The lowest BCUT2D eigenvalue weighted by molar-refractivity contribution is 0.0904. The number of piperidine rings is 1. The van der Waals surface area contributed by atoms with E-state index in [-0.39, 0.29) is 30.4 Å². The number of fused-ring (bicyclic) bond motifs is 1. The lowest BCUT2D eigenvalue weighted by Crippen LogP contribution is -2.41. The molecule has 35 heavy (non-hydrogen) atoms. The molecule has 0 atom stereocenters. The summed E-state index contributed by atoms with van der Waals surface area (Å²) in [5.41, 5.74) is 1.39. The van der Waals surface area contributed by atoms with Crippen molar-refractivity contribution in [2.45, 2.75) is 56.9 Å². The van der Waals surface area contributed by atoms with Crippen LogP contribution in [0.3, 0.4) is 0 Å². The van der Waals surface area contributed by atoms with Crippen LogP contribution in [0.1, 0.15) is 67.2 Å². The summed E-state index contributed by atoms with van der Waals surface area (Å²) in [4.78, 5) is 32.5. The summed E-state index contributed by atoms with van der Waals surface area (Å²) in [5.74, 6) is 0.483. The first kappa shape index (κ1) is 21.7. The Bertz CT molecular complexity index is 1280. The molecule has 1 aliphatic heterocycles. The number of nitrogens with one attached hydrogen (secondary N) is 2. The summed E-state index contributed by atoms with van der Waals surface area (Å²) >= 11 is 0. The monoisotopic (exact) mass is 473 g/mol. The van der Waals surface area contributed by atoms with Crippen molar-refractivity contribution in [1.82, 2.24) is 35.5 Å².